The molecule has 3 N–H and O–H groups in total. The van der Waals surface area contributed by atoms with Crippen LogP contribution in [0.25, 0.3) is 0 Å². The Labute approximate surface area is 153 Å². The molecule has 0 aliphatic rings. The van der Waals surface area contributed by atoms with Gasteiger partial charge in [-0.15, -0.1) is 11.8 Å². The van der Waals surface area contributed by atoms with Crippen LogP contribution in [0, 0.1) is 0 Å². The molecule has 0 amide bonds. The minimum absolute atomic E-state index is 0.222. The summed E-state index contributed by atoms with van der Waals surface area (Å²) in [5.74, 6) is 2.61. The number of guanidine groups is 1. The van der Waals surface area contributed by atoms with Crippen molar-refractivity contribution in [1.82, 2.24) is 10.6 Å². The number of phenols is 1. The first kappa shape index (κ1) is 19.0. The Morgan fingerprint density at radius 1 is 1.16 bits per heavy atom. The molecule has 134 valence electrons. The van der Waals surface area contributed by atoms with Gasteiger partial charge in [-0.25, -0.2) is 4.99 Å². The van der Waals surface area contributed by atoms with E-state index < -0.39 is 0 Å². The number of nitrogens with zero attached hydrogens (tertiary/aromatic N) is 1. The summed E-state index contributed by atoms with van der Waals surface area (Å²) in [5.41, 5.74) is 0.732. The average Bonchev–Trinajstić information content (AvgIpc) is 2.65. The summed E-state index contributed by atoms with van der Waals surface area (Å²) in [7, 11) is 1.61. The molecule has 2 aromatic carbocycles. The number of methoxy groups -OCH3 is 1. The maximum atomic E-state index is 9.94. The number of aliphatic imine (C=N–C) groups is 1. The second-order valence-electron chi connectivity index (χ2n) is 5.28. The number of ether oxygens (including phenoxy) is 1. The number of thioether (sulfide) groups is 1. The van der Waals surface area contributed by atoms with E-state index in [1.54, 1.807) is 37.1 Å². The van der Waals surface area contributed by atoms with Gasteiger partial charge in [-0.2, -0.15) is 0 Å². The summed E-state index contributed by atoms with van der Waals surface area (Å²) in [6.45, 7) is 3.99. The standard InChI is InChI=1S/C19H25N3O2S/c1-3-20-19(21-11-12-25-17-7-5-4-6-8-17)22-14-15-13-16(24-2)9-10-18(15)23/h4-10,13,23H,3,11-12,14H2,1-2H3,(H2,20,21,22). The van der Waals surface area contributed by atoms with Gasteiger partial charge in [0.25, 0.3) is 0 Å². The molecule has 0 atom stereocenters. The van der Waals surface area contributed by atoms with Crippen molar-refractivity contribution in [1.29, 1.82) is 0 Å². The zero-order valence-corrected chi connectivity index (χ0v) is 15.5. The molecule has 25 heavy (non-hydrogen) atoms. The fourth-order valence-corrected chi connectivity index (χ4v) is 2.97. The van der Waals surface area contributed by atoms with E-state index in [0.717, 1.165) is 30.4 Å². The molecular formula is C19H25N3O2S. The second kappa shape index (κ2) is 10.5. The monoisotopic (exact) mass is 359 g/mol. The van der Waals surface area contributed by atoms with E-state index in [2.05, 4.69) is 27.8 Å². The summed E-state index contributed by atoms with van der Waals surface area (Å²) < 4.78 is 5.19. The number of aromatic hydroxyl groups is 1. The molecule has 6 heteroatoms. The molecule has 0 saturated carbocycles. The molecular weight excluding hydrogens is 334 g/mol. The van der Waals surface area contributed by atoms with E-state index in [4.69, 9.17) is 4.74 Å². The Morgan fingerprint density at radius 2 is 1.96 bits per heavy atom. The minimum atomic E-state index is 0.222. The normalized spacial score (nSPS) is 11.2. The van der Waals surface area contributed by atoms with E-state index >= 15 is 0 Å². The lowest BCUT2D eigenvalue weighted by molar-refractivity contribution is 0.411. The van der Waals surface area contributed by atoms with Crippen molar-refractivity contribution in [2.45, 2.75) is 18.4 Å². The van der Waals surface area contributed by atoms with Gasteiger partial charge in [0, 0.05) is 29.3 Å². The predicted octanol–water partition coefficient (Wildman–Crippen LogP) is 3.25. The predicted molar refractivity (Wildman–Crippen MR) is 105 cm³/mol. The number of phenolic OH excluding ortho intramolecular Hbond substituents is 1. The van der Waals surface area contributed by atoms with E-state index in [1.807, 2.05) is 25.1 Å². The summed E-state index contributed by atoms with van der Waals surface area (Å²) in [5, 5.41) is 16.5. The summed E-state index contributed by atoms with van der Waals surface area (Å²) in [6, 6.07) is 15.5. The molecule has 2 rings (SSSR count). The summed E-state index contributed by atoms with van der Waals surface area (Å²) in [4.78, 5) is 5.79. The van der Waals surface area contributed by atoms with Crippen molar-refractivity contribution in [2.24, 2.45) is 4.99 Å². The summed E-state index contributed by atoms with van der Waals surface area (Å²) >= 11 is 1.80. The quantitative estimate of drug-likeness (QED) is 0.292. The Morgan fingerprint density at radius 3 is 2.68 bits per heavy atom. The van der Waals surface area contributed by atoms with Crippen LogP contribution in [-0.4, -0.2) is 37.0 Å². The molecule has 0 fully saturated rings. The molecule has 0 heterocycles. The lowest BCUT2D eigenvalue weighted by atomic mass is 10.2. The third-order valence-electron chi connectivity index (χ3n) is 3.44. The zero-order chi connectivity index (χ0) is 17.9. The fraction of sp³-hybridized carbons (Fsp3) is 0.316. The SMILES string of the molecule is CCNC(=NCc1cc(OC)ccc1O)NCCSc1ccccc1. The van der Waals surface area contributed by atoms with Crippen molar-refractivity contribution < 1.29 is 9.84 Å². The second-order valence-corrected chi connectivity index (χ2v) is 6.45. The van der Waals surface area contributed by atoms with Crippen LogP contribution < -0.4 is 15.4 Å². The van der Waals surface area contributed by atoms with Gasteiger partial charge >= 0.3 is 0 Å². The lowest BCUT2D eigenvalue weighted by Crippen LogP contribution is -2.38. The summed E-state index contributed by atoms with van der Waals surface area (Å²) in [6.07, 6.45) is 0. The van der Waals surface area contributed by atoms with Crippen LogP contribution in [0.4, 0.5) is 0 Å². The smallest absolute Gasteiger partial charge is 0.191 e. The van der Waals surface area contributed by atoms with Crippen LogP contribution in [0.1, 0.15) is 12.5 Å². The number of rotatable bonds is 8. The van der Waals surface area contributed by atoms with E-state index in [9.17, 15) is 5.11 Å². The maximum Gasteiger partial charge on any atom is 0.191 e. The molecule has 0 saturated heterocycles. The highest BCUT2D eigenvalue weighted by atomic mass is 32.2. The average molecular weight is 359 g/mol. The van der Waals surface area contributed by atoms with Crippen molar-refractivity contribution in [3.8, 4) is 11.5 Å². The van der Waals surface area contributed by atoms with Crippen LogP contribution in [0.2, 0.25) is 0 Å². The van der Waals surface area contributed by atoms with Gasteiger partial charge in [0.2, 0.25) is 0 Å². The first-order valence-corrected chi connectivity index (χ1v) is 9.27. The maximum absolute atomic E-state index is 9.94. The topological polar surface area (TPSA) is 65.9 Å². The van der Waals surface area contributed by atoms with Gasteiger partial charge in [0.15, 0.2) is 5.96 Å². The highest BCUT2D eigenvalue weighted by molar-refractivity contribution is 7.99. The van der Waals surface area contributed by atoms with Crippen LogP contribution >= 0.6 is 11.8 Å². The zero-order valence-electron chi connectivity index (χ0n) is 14.7. The van der Waals surface area contributed by atoms with Crippen molar-refractivity contribution >= 4 is 17.7 Å². The first-order chi connectivity index (χ1) is 12.2. The van der Waals surface area contributed by atoms with Gasteiger partial charge in [-0.1, -0.05) is 18.2 Å². The van der Waals surface area contributed by atoms with Crippen LogP contribution in [0.15, 0.2) is 58.4 Å². The Hall–Kier alpha value is -2.34. The number of hydrogen-bond donors (Lipinski definition) is 3. The van der Waals surface area contributed by atoms with Gasteiger partial charge in [-0.3, -0.25) is 0 Å². The van der Waals surface area contributed by atoms with Crippen LogP contribution in [-0.2, 0) is 6.54 Å². The molecule has 0 aliphatic heterocycles. The highest BCUT2D eigenvalue weighted by Crippen LogP contribution is 2.23. The van der Waals surface area contributed by atoms with Gasteiger partial charge < -0.3 is 20.5 Å². The lowest BCUT2D eigenvalue weighted by Gasteiger charge is -2.12. The molecule has 0 bridgehead atoms. The van der Waals surface area contributed by atoms with Crippen molar-refractivity contribution in [2.75, 3.05) is 26.0 Å². The molecule has 0 aliphatic carbocycles. The third kappa shape index (κ3) is 6.58. The largest absolute Gasteiger partial charge is 0.508 e. The third-order valence-corrected chi connectivity index (χ3v) is 4.46. The van der Waals surface area contributed by atoms with E-state index in [0.29, 0.717) is 12.3 Å². The first-order valence-electron chi connectivity index (χ1n) is 8.29. The molecule has 0 unspecified atom stereocenters. The van der Waals surface area contributed by atoms with Gasteiger partial charge in [0.05, 0.1) is 13.7 Å². The fourth-order valence-electron chi connectivity index (χ4n) is 2.18. The number of benzene rings is 2. The van der Waals surface area contributed by atoms with E-state index in [1.165, 1.54) is 4.90 Å². The number of hydrogen-bond acceptors (Lipinski definition) is 4. The van der Waals surface area contributed by atoms with Gasteiger partial charge in [-0.05, 0) is 37.3 Å². The Balaban J connectivity index is 1.87. The Bertz CT molecular complexity index is 678. The molecule has 0 aromatic heterocycles. The molecule has 0 spiro atoms. The molecule has 2 aromatic rings. The molecule has 0 radical (unpaired) electrons. The van der Waals surface area contributed by atoms with Crippen LogP contribution in [0.3, 0.4) is 0 Å². The van der Waals surface area contributed by atoms with E-state index in [-0.39, 0.29) is 5.75 Å². The number of nitrogens with one attached hydrogen (secondary N) is 2. The van der Waals surface area contributed by atoms with Crippen molar-refractivity contribution in [3.05, 3.63) is 54.1 Å². The van der Waals surface area contributed by atoms with Crippen LogP contribution in [0.5, 0.6) is 11.5 Å². The minimum Gasteiger partial charge on any atom is -0.508 e. The highest BCUT2D eigenvalue weighted by Gasteiger charge is 2.04. The van der Waals surface area contributed by atoms with Crippen molar-refractivity contribution in [3.63, 3.8) is 0 Å². The van der Waals surface area contributed by atoms with Gasteiger partial charge in [0.1, 0.15) is 11.5 Å². The molecule has 5 nitrogen and oxygen atoms in total. The Kier molecular flexibility index (Phi) is 7.98.